The van der Waals surface area contributed by atoms with Gasteiger partial charge in [-0.3, -0.25) is 15.1 Å². The van der Waals surface area contributed by atoms with Crippen LogP contribution in [0.4, 0.5) is 10.2 Å². The Hall–Kier alpha value is -4.74. The minimum atomic E-state index is -0.258. The summed E-state index contributed by atoms with van der Waals surface area (Å²) >= 11 is 0. The van der Waals surface area contributed by atoms with E-state index in [1.165, 1.54) is 25.9 Å². The predicted octanol–water partition coefficient (Wildman–Crippen LogP) is 3.41. The Kier molecular flexibility index (Phi) is 7.95. The first kappa shape index (κ1) is 29.0. The van der Waals surface area contributed by atoms with Gasteiger partial charge in [-0.05, 0) is 87.2 Å². The topological polar surface area (TPSA) is 129 Å². The number of aromatic amines is 2. The molecule has 1 aromatic carbocycles. The molecule has 2 aliphatic rings. The number of H-pyrrole nitrogens is 2. The first-order valence-electron chi connectivity index (χ1n) is 15.6. The second kappa shape index (κ2) is 12.3. The maximum atomic E-state index is 14.9. The van der Waals surface area contributed by atoms with Crippen molar-refractivity contribution in [2.75, 3.05) is 37.6 Å². The Morgan fingerprint density at radius 2 is 1.91 bits per heavy atom. The van der Waals surface area contributed by atoms with Gasteiger partial charge in [0.1, 0.15) is 17.3 Å². The number of benzene rings is 1. The van der Waals surface area contributed by atoms with Crippen LogP contribution in [0.15, 0.2) is 49.6 Å². The molecule has 2 saturated heterocycles. The molecule has 0 spiro atoms. The van der Waals surface area contributed by atoms with Crippen LogP contribution in [0.2, 0.25) is 0 Å². The average molecular weight is 605 g/mol. The van der Waals surface area contributed by atoms with Gasteiger partial charge in [-0.25, -0.2) is 14.4 Å². The van der Waals surface area contributed by atoms with E-state index in [0.29, 0.717) is 28.3 Å². The van der Waals surface area contributed by atoms with Crippen LogP contribution in [0, 0.1) is 5.82 Å². The summed E-state index contributed by atoms with van der Waals surface area (Å²) in [6.07, 6.45) is 15.2. The molecule has 0 bridgehead atoms. The third-order valence-electron chi connectivity index (χ3n) is 8.65. The lowest BCUT2D eigenvalue weighted by molar-refractivity contribution is 0.334. The van der Waals surface area contributed by atoms with Gasteiger partial charge in [-0.1, -0.05) is 18.7 Å². The number of nitrogens with zero attached hydrogens (tertiary/aromatic N) is 7. The van der Waals surface area contributed by atoms with Gasteiger partial charge in [0.2, 0.25) is 0 Å². The monoisotopic (exact) mass is 604 g/mol. The molecule has 7 rings (SSSR count). The van der Waals surface area contributed by atoms with Crippen molar-refractivity contribution in [2.24, 2.45) is 5.73 Å². The van der Waals surface area contributed by atoms with E-state index < -0.39 is 0 Å². The van der Waals surface area contributed by atoms with Crippen LogP contribution >= 0.6 is 0 Å². The summed E-state index contributed by atoms with van der Waals surface area (Å²) in [6.45, 7) is 11.1. The number of nitrogens with one attached hydrogen (secondary N) is 2. The summed E-state index contributed by atoms with van der Waals surface area (Å²) in [5.41, 5.74) is 11.9. The fraction of sp³-hybridized carbons (Fsp3) is 0.324. The minimum Gasteiger partial charge on any atom is -0.352 e. The van der Waals surface area contributed by atoms with Gasteiger partial charge in [-0.15, -0.1) is 0 Å². The number of nitrogens with two attached hydrogens (primary N) is 1. The standard InChI is InChI=1S/C34H37FN10/c1-3-28-26(11-21(2)29-16-38-18-31(39-29)45-19-25(36)20-45)33(43-42-28)34-40-30-17-37-15-27(32(30)41-34)23-12-22(13-24(35)14-23)7-6-10-44-8-4-5-9-44/h3,11-18,25,42H,2,4-10,19-20,36H2,1H3,(H,40,41)/b26-11+,28-3+. The van der Waals surface area contributed by atoms with E-state index in [2.05, 4.69) is 47.6 Å². The van der Waals surface area contributed by atoms with Crippen LogP contribution in [0.3, 0.4) is 0 Å². The number of fused-ring (bicyclic) bond motifs is 1. The molecule has 4 N–H and O–H groups in total. The molecule has 0 amide bonds. The molecule has 5 aromatic rings. The molecule has 0 radical (unpaired) electrons. The fourth-order valence-electron chi connectivity index (χ4n) is 6.24. The molecule has 0 aliphatic carbocycles. The summed E-state index contributed by atoms with van der Waals surface area (Å²) in [5, 5.41) is 9.37. The van der Waals surface area contributed by atoms with Gasteiger partial charge in [0.25, 0.3) is 0 Å². The van der Waals surface area contributed by atoms with Crippen LogP contribution in [-0.4, -0.2) is 78.8 Å². The third-order valence-corrected chi connectivity index (χ3v) is 8.65. The smallest absolute Gasteiger partial charge is 0.159 e. The lowest BCUT2D eigenvalue weighted by Crippen LogP contribution is -2.56. The maximum Gasteiger partial charge on any atom is 0.159 e. The van der Waals surface area contributed by atoms with E-state index in [-0.39, 0.29) is 11.9 Å². The van der Waals surface area contributed by atoms with Crippen LogP contribution in [0.1, 0.15) is 37.4 Å². The largest absolute Gasteiger partial charge is 0.352 e. The van der Waals surface area contributed by atoms with E-state index in [9.17, 15) is 4.39 Å². The maximum absolute atomic E-state index is 14.9. The average Bonchev–Trinajstić information content (AvgIpc) is 3.79. The molecule has 0 saturated carbocycles. The number of hydrogen-bond donors (Lipinski definition) is 3. The molecule has 4 aromatic heterocycles. The van der Waals surface area contributed by atoms with Crippen molar-refractivity contribution in [1.29, 1.82) is 0 Å². The molecule has 0 unspecified atom stereocenters. The third kappa shape index (κ3) is 6.01. The number of rotatable bonds is 9. The highest BCUT2D eigenvalue weighted by Gasteiger charge is 2.24. The van der Waals surface area contributed by atoms with Crippen molar-refractivity contribution in [3.05, 3.63) is 77.2 Å². The van der Waals surface area contributed by atoms with Gasteiger partial charge in [-0.2, -0.15) is 5.10 Å². The molecular weight excluding hydrogens is 567 g/mol. The van der Waals surface area contributed by atoms with Crippen LogP contribution in [0.5, 0.6) is 0 Å². The number of pyridine rings is 1. The molecule has 10 nitrogen and oxygen atoms in total. The Labute approximate surface area is 260 Å². The molecule has 230 valence electrons. The number of aryl methyl sites for hydroxylation is 1. The Morgan fingerprint density at radius 3 is 2.71 bits per heavy atom. The first-order chi connectivity index (χ1) is 21.9. The van der Waals surface area contributed by atoms with Gasteiger partial charge < -0.3 is 20.5 Å². The number of allylic oxidation sites excluding steroid dienone is 1. The SMILES string of the molecule is C=C(/C=c1/c(-c2nc3c(-c4cc(F)cc(CCCN5CCCC5)c4)cncc3[nH]2)n[nH]/c1=C/C)c1cncc(N2CC(N)C2)n1. The van der Waals surface area contributed by atoms with Crippen molar-refractivity contribution >= 4 is 34.6 Å². The molecule has 2 aliphatic heterocycles. The molecule has 6 heterocycles. The zero-order chi connectivity index (χ0) is 30.9. The Bertz CT molecular complexity index is 1980. The van der Waals surface area contributed by atoms with Gasteiger partial charge in [0, 0.05) is 36.1 Å². The number of aromatic nitrogens is 7. The zero-order valence-electron chi connectivity index (χ0n) is 25.4. The van der Waals surface area contributed by atoms with Crippen LogP contribution < -0.4 is 21.2 Å². The van der Waals surface area contributed by atoms with Gasteiger partial charge >= 0.3 is 0 Å². The van der Waals surface area contributed by atoms with E-state index in [1.54, 1.807) is 36.9 Å². The number of hydrogen-bond acceptors (Lipinski definition) is 8. The predicted molar refractivity (Wildman–Crippen MR) is 176 cm³/mol. The number of imidazole rings is 1. The second-order valence-electron chi connectivity index (χ2n) is 12.0. The van der Waals surface area contributed by atoms with Crippen molar-refractivity contribution in [2.45, 2.75) is 38.6 Å². The van der Waals surface area contributed by atoms with E-state index in [1.807, 2.05) is 19.1 Å². The van der Waals surface area contributed by atoms with Crippen LogP contribution in [0.25, 0.3) is 51.4 Å². The number of likely N-dealkylation sites (tertiary alicyclic amines) is 1. The van der Waals surface area contributed by atoms with Gasteiger partial charge in [0.05, 0.1) is 40.7 Å². The lowest BCUT2D eigenvalue weighted by Gasteiger charge is -2.37. The van der Waals surface area contributed by atoms with E-state index in [4.69, 9.17) is 15.7 Å². The molecule has 0 atom stereocenters. The Morgan fingerprint density at radius 1 is 1.09 bits per heavy atom. The van der Waals surface area contributed by atoms with Crippen LogP contribution in [-0.2, 0) is 6.42 Å². The number of anilines is 1. The Balaban J connectivity index is 1.20. The summed E-state index contributed by atoms with van der Waals surface area (Å²) in [7, 11) is 0. The second-order valence-corrected chi connectivity index (χ2v) is 12.0. The molecular formula is C34H37FN10. The molecule has 2 fully saturated rings. The summed E-state index contributed by atoms with van der Waals surface area (Å²) in [4.78, 5) is 26.6. The highest BCUT2D eigenvalue weighted by atomic mass is 19.1. The van der Waals surface area contributed by atoms with E-state index in [0.717, 1.165) is 71.1 Å². The quantitative estimate of drug-likeness (QED) is 0.234. The fourth-order valence-corrected chi connectivity index (χ4v) is 6.24. The molecule has 45 heavy (non-hydrogen) atoms. The highest BCUT2D eigenvalue weighted by Crippen LogP contribution is 2.30. The summed E-state index contributed by atoms with van der Waals surface area (Å²) in [6, 6.07) is 5.41. The van der Waals surface area contributed by atoms with Crippen molar-refractivity contribution in [3.8, 4) is 22.6 Å². The van der Waals surface area contributed by atoms with Crippen molar-refractivity contribution in [1.82, 2.24) is 40.0 Å². The van der Waals surface area contributed by atoms with Crippen molar-refractivity contribution < 1.29 is 4.39 Å². The minimum absolute atomic E-state index is 0.161. The van der Waals surface area contributed by atoms with Gasteiger partial charge in [0.15, 0.2) is 5.82 Å². The summed E-state index contributed by atoms with van der Waals surface area (Å²) < 4.78 is 14.9. The molecule has 11 heteroatoms. The van der Waals surface area contributed by atoms with E-state index >= 15 is 0 Å². The summed E-state index contributed by atoms with van der Waals surface area (Å²) in [5.74, 6) is 1.09. The lowest BCUT2D eigenvalue weighted by atomic mass is 10.0. The first-order valence-corrected chi connectivity index (χ1v) is 15.6. The zero-order valence-corrected chi connectivity index (χ0v) is 25.4. The number of halogens is 1. The van der Waals surface area contributed by atoms with Crippen molar-refractivity contribution in [3.63, 3.8) is 0 Å². The highest BCUT2D eigenvalue weighted by molar-refractivity contribution is 5.93. The normalized spacial score (nSPS) is 16.6.